The Kier molecular flexibility index (Phi) is 3.91. The molecule has 88 valence electrons. The minimum atomic E-state index is 0.485. The molecule has 0 spiro atoms. The summed E-state index contributed by atoms with van der Waals surface area (Å²) in [5, 5.41) is 3.52. The average molecular weight is 220 g/mol. The Morgan fingerprint density at radius 3 is 2.88 bits per heavy atom. The largest absolute Gasteiger partial charge is 0.378 e. The van der Waals surface area contributed by atoms with Crippen LogP contribution in [-0.2, 0) is 11.3 Å². The summed E-state index contributed by atoms with van der Waals surface area (Å²) in [6.45, 7) is 5.81. The summed E-state index contributed by atoms with van der Waals surface area (Å²) in [7, 11) is 0. The van der Waals surface area contributed by atoms with Crippen molar-refractivity contribution in [3.63, 3.8) is 0 Å². The van der Waals surface area contributed by atoms with E-state index in [1.807, 2.05) is 13.1 Å². The van der Waals surface area contributed by atoms with Gasteiger partial charge in [-0.3, -0.25) is 4.98 Å². The number of ether oxygens (including phenoxy) is 1. The number of hydrogen-bond acceptors (Lipinski definition) is 3. The summed E-state index contributed by atoms with van der Waals surface area (Å²) >= 11 is 0. The Morgan fingerprint density at radius 1 is 1.44 bits per heavy atom. The first-order valence-electron chi connectivity index (χ1n) is 6.04. The van der Waals surface area contributed by atoms with Gasteiger partial charge in [0.05, 0.1) is 6.10 Å². The molecule has 0 bridgehead atoms. The fourth-order valence-electron chi connectivity index (χ4n) is 1.97. The standard InChI is InChI=1S/C13H20N2O/c1-3-16-13-6-12(7-13)15-9-11-5-4-10(2)14-8-11/h4-5,8,12-13,15H,3,6-7,9H2,1-2H3. The molecule has 1 heterocycles. The Labute approximate surface area is 97.2 Å². The van der Waals surface area contributed by atoms with E-state index in [1.54, 1.807) is 0 Å². The molecule has 1 N–H and O–H groups in total. The van der Waals surface area contributed by atoms with Gasteiger partial charge in [-0.1, -0.05) is 6.07 Å². The van der Waals surface area contributed by atoms with Crippen LogP contribution < -0.4 is 5.32 Å². The van der Waals surface area contributed by atoms with E-state index in [0.717, 1.165) is 31.7 Å². The van der Waals surface area contributed by atoms with Crippen LogP contribution in [0.15, 0.2) is 18.3 Å². The van der Waals surface area contributed by atoms with Crippen LogP contribution in [0.2, 0.25) is 0 Å². The van der Waals surface area contributed by atoms with Crippen LogP contribution in [-0.4, -0.2) is 23.7 Å². The summed E-state index contributed by atoms with van der Waals surface area (Å²) in [6.07, 6.45) is 4.72. The zero-order valence-corrected chi connectivity index (χ0v) is 10.1. The molecule has 1 aliphatic carbocycles. The minimum absolute atomic E-state index is 0.485. The minimum Gasteiger partial charge on any atom is -0.378 e. The highest BCUT2D eigenvalue weighted by molar-refractivity contribution is 5.13. The van der Waals surface area contributed by atoms with Gasteiger partial charge in [0.25, 0.3) is 0 Å². The summed E-state index contributed by atoms with van der Waals surface area (Å²) in [4.78, 5) is 4.28. The Morgan fingerprint density at radius 2 is 2.25 bits per heavy atom. The van der Waals surface area contributed by atoms with E-state index in [0.29, 0.717) is 12.1 Å². The van der Waals surface area contributed by atoms with Crippen molar-refractivity contribution in [2.45, 2.75) is 45.4 Å². The van der Waals surface area contributed by atoms with Crippen molar-refractivity contribution in [1.82, 2.24) is 10.3 Å². The average Bonchev–Trinajstić information content (AvgIpc) is 2.24. The Hall–Kier alpha value is -0.930. The maximum absolute atomic E-state index is 5.52. The smallest absolute Gasteiger partial charge is 0.0604 e. The quantitative estimate of drug-likeness (QED) is 0.824. The lowest BCUT2D eigenvalue weighted by Crippen LogP contribution is -2.45. The van der Waals surface area contributed by atoms with Gasteiger partial charge in [0.1, 0.15) is 0 Å². The van der Waals surface area contributed by atoms with Crippen LogP contribution in [0, 0.1) is 6.92 Å². The lowest BCUT2D eigenvalue weighted by atomic mass is 9.89. The molecule has 0 aliphatic heterocycles. The molecule has 1 aromatic rings. The van der Waals surface area contributed by atoms with Crippen molar-refractivity contribution < 1.29 is 4.74 Å². The van der Waals surface area contributed by atoms with Crippen LogP contribution in [0.3, 0.4) is 0 Å². The number of aromatic nitrogens is 1. The molecule has 2 rings (SSSR count). The molecular formula is C13H20N2O. The highest BCUT2D eigenvalue weighted by Gasteiger charge is 2.28. The summed E-state index contributed by atoms with van der Waals surface area (Å²) in [5.74, 6) is 0. The van der Waals surface area contributed by atoms with Gasteiger partial charge in [0.2, 0.25) is 0 Å². The number of nitrogens with one attached hydrogen (secondary N) is 1. The molecule has 1 saturated carbocycles. The summed E-state index contributed by atoms with van der Waals surface area (Å²) in [6, 6.07) is 4.81. The number of pyridine rings is 1. The van der Waals surface area contributed by atoms with E-state index in [1.165, 1.54) is 5.56 Å². The van der Waals surface area contributed by atoms with Crippen molar-refractivity contribution in [2.75, 3.05) is 6.61 Å². The second-order valence-corrected chi connectivity index (χ2v) is 4.43. The van der Waals surface area contributed by atoms with Crippen molar-refractivity contribution in [3.8, 4) is 0 Å². The van der Waals surface area contributed by atoms with Crippen LogP contribution in [0.5, 0.6) is 0 Å². The molecule has 3 heteroatoms. The van der Waals surface area contributed by atoms with E-state index >= 15 is 0 Å². The molecule has 0 radical (unpaired) electrons. The first kappa shape index (κ1) is 11.6. The van der Waals surface area contributed by atoms with Crippen LogP contribution >= 0.6 is 0 Å². The molecule has 0 unspecified atom stereocenters. The summed E-state index contributed by atoms with van der Waals surface area (Å²) in [5.41, 5.74) is 2.33. The van der Waals surface area contributed by atoms with Crippen LogP contribution in [0.1, 0.15) is 31.0 Å². The normalized spacial score (nSPS) is 24.1. The number of rotatable bonds is 5. The van der Waals surface area contributed by atoms with Crippen molar-refractivity contribution in [3.05, 3.63) is 29.6 Å². The fourth-order valence-corrected chi connectivity index (χ4v) is 1.97. The lowest BCUT2D eigenvalue weighted by molar-refractivity contribution is -0.0102. The maximum Gasteiger partial charge on any atom is 0.0604 e. The number of hydrogen-bond donors (Lipinski definition) is 1. The third-order valence-electron chi connectivity index (χ3n) is 3.06. The second-order valence-electron chi connectivity index (χ2n) is 4.43. The molecule has 0 saturated heterocycles. The van der Waals surface area contributed by atoms with Gasteiger partial charge >= 0.3 is 0 Å². The second kappa shape index (κ2) is 5.41. The highest BCUT2D eigenvalue weighted by atomic mass is 16.5. The van der Waals surface area contributed by atoms with Gasteiger partial charge in [-0.2, -0.15) is 0 Å². The molecule has 1 aliphatic rings. The van der Waals surface area contributed by atoms with Crippen LogP contribution in [0.25, 0.3) is 0 Å². The predicted octanol–water partition coefficient (Wildman–Crippen LogP) is 2.05. The number of nitrogens with zero attached hydrogens (tertiary/aromatic N) is 1. The molecule has 16 heavy (non-hydrogen) atoms. The van der Waals surface area contributed by atoms with Crippen LogP contribution in [0.4, 0.5) is 0 Å². The van der Waals surface area contributed by atoms with E-state index < -0.39 is 0 Å². The van der Waals surface area contributed by atoms with Gasteiger partial charge in [0.15, 0.2) is 0 Å². The Bertz CT molecular complexity index is 317. The van der Waals surface area contributed by atoms with E-state index in [4.69, 9.17) is 4.74 Å². The van der Waals surface area contributed by atoms with Crippen molar-refractivity contribution in [2.24, 2.45) is 0 Å². The van der Waals surface area contributed by atoms with Gasteiger partial charge in [-0.15, -0.1) is 0 Å². The molecule has 0 atom stereocenters. The number of aryl methyl sites for hydroxylation is 1. The van der Waals surface area contributed by atoms with E-state index in [2.05, 4.69) is 29.4 Å². The van der Waals surface area contributed by atoms with Gasteiger partial charge < -0.3 is 10.1 Å². The maximum atomic E-state index is 5.52. The van der Waals surface area contributed by atoms with E-state index in [-0.39, 0.29) is 0 Å². The van der Waals surface area contributed by atoms with Crippen molar-refractivity contribution in [1.29, 1.82) is 0 Å². The van der Waals surface area contributed by atoms with Crippen molar-refractivity contribution >= 4 is 0 Å². The first-order valence-corrected chi connectivity index (χ1v) is 6.04. The summed E-state index contributed by atoms with van der Waals surface area (Å²) < 4.78 is 5.52. The monoisotopic (exact) mass is 220 g/mol. The lowest BCUT2D eigenvalue weighted by Gasteiger charge is -2.35. The Balaban J connectivity index is 1.67. The van der Waals surface area contributed by atoms with Gasteiger partial charge in [-0.25, -0.2) is 0 Å². The topological polar surface area (TPSA) is 34.1 Å². The fraction of sp³-hybridized carbons (Fsp3) is 0.615. The third kappa shape index (κ3) is 3.03. The van der Waals surface area contributed by atoms with Gasteiger partial charge in [0, 0.05) is 31.1 Å². The molecule has 1 fully saturated rings. The molecule has 1 aromatic heterocycles. The molecule has 0 amide bonds. The molecular weight excluding hydrogens is 200 g/mol. The third-order valence-corrected chi connectivity index (χ3v) is 3.06. The zero-order valence-electron chi connectivity index (χ0n) is 10.1. The highest BCUT2D eigenvalue weighted by Crippen LogP contribution is 2.23. The van der Waals surface area contributed by atoms with E-state index in [9.17, 15) is 0 Å². The molecule has 3 nitrogen and oxygen atoms in total. The SMILES string of the molecule is CCOC1CC(NCc2ccc(C)nc2)C1. The predicted molar refractivity (Wildman–Crippen MR) is 64.2 cm³/mol. The molecule has 0 aromatic carbocycles. The first-order chi connectivity index (χ1) is 7.78. The zero-order chi connectivity index (χ0) is 11.4. The van der Waals surface area contributed by atoms with Gasteiger partial charge in [-0.05, 0) is 38.3 Å².